The minimum atomic E-state index is 0.757. The second-order valence-electron chi connectivity index (χ2n) is 8.33. The Balaban J connectivity index is 1.40. The maximum atomic E-state index is 5.93. The molecule has 0 saturated carbocycles. The van der Waals surface area contributed by atoms with Gasteiger partial charge in [0.15, 0.2) is 0 Å². The molecule has 0 radical (unpaired) electrons. The highest BCUT2D eigenvalue weighted by Crippen LogP contribution is 2.36. The molecule has 166 valence electrons. The van der Waals surface area contributed by atoms with Gasteiger partial charge in [0.1, 0.15) is 0 Å². The van der Waals surface area contributed by atoms with Gasteiger partial charge in [-0.15, -0.1) is 0 Å². The number of nitrogens with two attached hydrogens (primary N) is 1. The van der Waals surface area contributed by atoms with Gasteiger partial charge in [-0.2, -0.15) is 0 Å². The molecule has 3 nitrogen and oxygen atoms in total. The molecule has 3 heteroatoms. The molecule has 0 amide bonds. The molecule has 0 saturated heterocycles. The summed E-state index contributed by atoms with van der Waals surface area (Å²) in [5, 5.41) is 3.50. The number of nitrogens with one attached hydrogen (secondary N) is 1. The first-order valence-corrected chi connectivity index (χ1v) is 11.4. The zero-order valence-corrected chi connectivity index (χ0v) is 19.1. The summed E-state index contributed by atoms with van der Waals surface area (Å²) in [5.74, 6) is 0. The van der Waals surface area contributed by atoms with Gasteiger partial charge in [0, 0.05) is 34.1 Å². The van der Waals surface area contributed by atoms with E-state index in [2.05, 4.69) is 120 Å². The number of anilines is 6. The van der Waals surface area contributed by atoms with Gasteiger partial charge < -0.3 is 16.0 Å². The van der Waals surface area contributed by atoms with Gasteiger partial charge in [-0.25, -0.2) is 0 Å². The molecule has 5 aromatic carbocycles. The zero-order chi connectivity index (χ0) is 23.3. The van der Waals surface area contributed by atoms with Crippen LogP contribution >= 0.6 is 0 Å². The minimum absolute atomic E-state index is 0.757. The van der Waals surface area contributed by atoms with Gasteiger partial charge in [-0.1, -0.05) is 60.7 Å². The van der Waals surface area contributed by atoms with Gasteiger partial charge in [-0.05, 0) is 90.3 Å². The van der Waals surface area contributed by atoms with Crippen LogP contribution in [0.4, 0.5) is 34.1 Å². The Morgan fingerprint density at radius 3 is 1.65 bits per heavy atom. The average molecular weight is 442 g/mol. The maximum Gasteiger partial charge on any atom is 0.0463 e. The third-order valence-corrected chi connectivity index (χ3v) is 5.93. The Bertz CT molecular complexity index is 1360. The van der Waals surface area contributed by atoms with Gasteiger partial charge in [0.25, 0.3) is 0 Å². The number of nitrogen functional groups attached to an aromatic ring is 1. The van der Waals surface area contributed by atoms with E-state index >= 15 is 0 Å². The number of benzene rings is 5. The average Bonchev–Trinajstić information content (AvgIpc) is 2.88. The lowest BCUT2D eigenvalue weighted by molar-refractivity contribution is 1.28. The quantitative estimate of drug-likeness (QED) is 0.260. The molecule has 5 rings (SSSR count). The molecule has 0 unspecified atom stereocenters. The molecular formula is C31H27N3. The van der Waals surface area contributed by atoms with E-state index in [-0.39, 0.29) is 0 Å². The molecule has 5 aromatic rings. The minimum Gasteiger partial charge on any atom is -0.399 e. The van der Waals surface area contributed by atoms with Crippen LogP contribution in [-0.4, -0.2) is 0 Å². The summed E-state index contributed by atoms with van der Waals surface area (Å²) in [4.78, 5) is 2.23. The lowest BCUT2D eigenvalue weighted by Gasteiger charge is -2.25. The van der Waals surface area contributed by atoms with Crippen molar-refractivity contribution >= 4 is 34.1 Å². The number of aryl methyl sites for hydroxylation is 1. The Morgan fingerprint density at radius 1 is 0.529 bits per heavy atom. The second kappa shape index (κ2) is 9.55. The normalized spacial score (nSPS) is 10.6. The first-order chi connectivity index (χ1) is 16.7. The summed E-state index contributed by atoms with van der Waals surface area (Å²) < 4.78 is 0. The van der Waals surface area contributed by atoms with Crippen LogP contribution in [0.15, 0.2) is 127 Å². The summed E-state index contributed by atoms with van der Waals surface area (Å²) in [7, 11) is 0. The highest BCUT2D eigenvalue weighted by atomic mass is 15.1. The van der Waals surface area contributed by atoms with Crippen molar-refractivity contribution in [2.24, 2.45) is 0 Å². The third kappa shape index (κ3) is 4.64. The lowest BCUT2D eigenvalue weighted by Crippen LogP contribution is -2.09. The molecule has 0 fully saturated rings. The maximum absolute atomic E-state index is 5.93. The highest BCUT2D eigenvalue weighted by molar-refractivity contribution is 5.79. The molecule has 0 bridgehead atoms. The van der Waals surface area contributed by atoms with Crippen LogP contribution in [0.2, 0.25) is 0 Å². The van der Waals surface area contributed by atoms with Crippen LogP contribution in [0, 0.1) is 6.92 Å². The van der Waals surface area contributed by atoms with Crippen molar-refractivity contribution in [3.8, 4) is 11.1 Å². The molecule has 3 N–H and O–H groups in total. The summed E-state index contributed by atoms with van der Waals surface area (Å²) in [5.41, 5.74) is 15.7. The van der Waals surface area contributed by atoms with E-state index in [0.717, 1.165) is 34.1 Å². The smallest absolute Gasteiger partial charge is 0.0463 e. The Hall–Kier alpha value is -4.50. The summed E-state index contributed by atoms with van der Waals surface area (Å²) in [6.07, 6.45) is 0. The van der Waals surface area contributed by atoms with Crippen molar-refractivity contribution in [2.75, 3.05) is 16.0 Å². The van der Waals surface area contributed by atoms with Crippen molar-refractivity contribution in [3.05, 3.63) is 133 Å². The fourth-order valence-corrected chi connectivity index (χ4v) is 4.07. The molecular weight excluding hydrogens is 414 g/mol. The molecule has 0 spiro atoms. The largest absolute Gasteiger partial charge is 0.399 e. The van der Waals surface area contributed by atoms with Crippen molar-refractivity contribution in [1.29, 1.82) is 0 Å². The van der Waals surface area contributed by atoms with E-state index in [1.165, 1.54) is 16.7 Å². The van der Waals surface area contributed by atoms with Crippen LogP contribution in [0.1, 0.15) is 5.56 Å². The van der Waals surface area contributed by atoms with E-state index < -0.39 is 0 Å². The molecule has 34 heavy (non-hydrogen) atoms. The standard InChI is InChI=1S/C31H27N3/c1-23-7-5-6-10-31(23)33-27-17-11-24(12-18-27)25-13-19-29(20-14-25)34(28-8-3-2-4-9-28)30-21-15-26(32)16-22-30/h2-22,33H,32H2,1H3. The second-order valence-corrected chi connectivity index (χ2v) is 8.33. The Morgan fingerprint density at radius 2 is 1.03 bits per heavy atom. The SMILES string of the molecule is Cc1ccccc1Nc1ccc(-c2ccc(N(c3ccccc3)c3ccc(N)cc3)cc2)cc1. The van der Waals surface area contributed by atoms with Gasteiger partial charge in [0.05, 0.1) is 0 Å². The van der Waals surface area contributed by atoms with E-state index in [1.807, 2.05) is 24.3 Å². The highest BCUT2D eigenvalue weighted by Gasteiger charge is 2.12. The van der Waals surface area contributed by atoms with Crippen molar-refractivity contribution in [3.63, 3.8) is 0 Å². The first-order valence-electron chi connectivity index (χ1n) is 11.4. The van der Waals surface area contributed by atoms with Crippen LogP contribution in [0.5, 0.6) is 0 Å². The van der Waals surface area contributed by atoms with Crippen LogP contribution in [0.25, 0.3) is 11.1 Å². The zero-order valence-electron chi connectivity index (χ0n) is 19.1. The fraction of sp³-hybridized carbons (Fsp3) is 0.0323. The Kier molecular flexibility index (Phi) is 6.00. The topological polar surface area (TPSA) is 41.3 Å². The molecule has 0 aliphatic carbocycles. The summed E-state index contributed by atoms with van der Waals surface area (Å²) >= 11 is 0. The molecule has 0 atom stereocenters. The predicted molar refractivity (Wildman–Crippen MR) is 145 cm³/mol. The summed E-state index contributed by atoms with van der Waals surface area (Å²) in [6, 6.07) is 43.9. The monoisotopic (exact) mass is 441 g/mol. The number of hydrogen-bond acceptors (Lipinski definition) is 3. The molecule has 0 aromatic heterocycles. The van der Waals surface area contributed by atoms with Crippen LogP contribution in [-0.2, 0) is 0 Å². The van der Waals surface area contributed by atoms with Gasteiger partial charge in [0.2, 0.25) is 0 Å². The number of para-hydroxylation sites is 2. The first kappa shape index (κ1) is 21.4. The third-order valence-electron chi connectivity index (χ3n) is 5.93. The number of rotatable bonds is 6. The molecule has 0 heterocycles. The van der Waals surface area contributed by atoms with Crippen LogP contribution < -0.4 is 16.0 Å². The van der Waals surface area contributed by atoms with E-state index in [9.17, 15) is 0 Å². The lowest BCUT2D eigenvalue weighted by atomic mass is 10.0. The van der Waals surface area contributed by atoms with Gasteiger partial charge >= 0.3 is 0 Å². The predicted octanol–water partition coefficient (Wildman–Crippen LogP) is 8.46. The van der Waals surface area contributed by atoms with E-state index in [0.29, 0.717) is 0 Å². The van der Waals surface area contributed by atoms with E-state index in [1.54, 1.807) is 0 Å². The van der Waals surface area contributed by atoms with Crippen LogP contribution in [0.3, 0.4) is 0 Å². The van der Waals surface area contributed by atoms with Crippen molar-refractivity contribution < 1.29 is 0 Å². The Labute approximate surface area is 201 Å². The van der Waals surface area contributed by atoms with Crippen molar-refractivity contribution in [1.82, 2.24) is 0 Å². The number of hydrogen-bond donors (Lipinski definition) is 2. The van der Waals surface area contributed by atoms with E-state index in [4.69, 9.17) is 5.73 Å². The number of nitrogens with zero attached hydrogens (tertiary/aromatic N) is 1. The molecule has 0 aliphatic rings. The molecule has 0 aliphatic heterocycles. The summed E-state index contributed by atoms with van der Waals surface area (Å²) in [6.45, 7) is 2.11. The van der Waals surface area contributed by atoms with Crippen molar-refractivity contribution in [2.45, 2.75) is 6.92 Å². The fourth-order valence-electron chi connectivity index (χ4n) is 4.07. The van der Waals surface area contributed by atoms with Gasteiger partial charge in [-0.3, -0.25) is 0 Å².